The lowest BCUT2D eigenvalue weighted by Crippen LogP contribution is -2.17. The number of anilines is 4. The van der Waals surface area contributed by atoms with E-state index >= 15 is 0 Å². The molecule has 0 saturated heterocycles. The number of hydrogen-bond acceptors (Lipinski definition) is 6. The van der Waals surface area contributed by atoms with E-state index in [9.17, 15) is 18.0 Å². The van der Waals surface area contributed by atoms with Gasteiger partial charge in [-0.25, -0.2) is 9.78 Å². The number of benzene rings is 2. The average Bonchev–Trinajstić information content (AvgIpc) is 2.63. The van der Waals surface area contributed by atoms with Gasteiger partial charge in [0.25, 0.3) is 0 Å². The predicted molar refractivity (Wildman–Crippen MR) is 102 cm³/mol. The van der Waals surface area contributed by atoms with Gasteiger partial charge in [0.05, 0.1) is 11.3 Å². The Balaban J connectivity index is 0.00000300. The molecule has 0 aliphatic heterocycles. The van der Waals surface area contributed by atoms with Gasteiger partial charge in [-0.1, -0.05) is 12.1 Å². The number of ether oxygens (including phenoxy) is 1. The van der Waals surface area contributed by atoms with Crippen molar-refractivity contribution in [2.45, 2.75) is 6.36 Å². The lowest BCUT2D eigenvalue weighted by atomic mass is 10.2. The molecule has 7 nitrogen and oxygen atoms in total. The van der Waals surface area contributed by atoms with Gasteiger partial charge in [0, 0.05) is 11.9 Å². The third-order valence-electron chi connectivity index (χ3n) is 3.42. The van der Waals surface area contributed by atoms with E-state index in [4.69, 9.17) is 5.11 Å². The minimum absolute atomic E-state index is 0. The first-order chi connectivity index (χ1) is 13.3. The van der Waals surface area contributed by atoms with Gasteiger partial charge in [-0.05, 0) is 42.5 Å². The predicted octanol–water partition coefficient (Wildman–Crippen LogP) is 4.98. The summed E-state index contributed by atoms with van der Waals surface area (Å²) in [5.41, 5.74) is 0.751. The van der Waals surface area contributed by atoms with Gasteiger partial charge in [0.2, 0.25) is 5.95 Å². The fraction of sp³-hybridized carbons (Fsp3) is 0.0556. The Morgan fingerprint density at radius 3 is 2.34 bits per heavy atom. The van der Waals surface area contributed by atoms with Crippen LogP contribution in [0, 0.1) is 0 Å². The molecule has 0 aliphatic rings. The van der Waals surface area contributed by atoms with Gasteiger partial charge in [-0.3, -0.25) is 0 Å². The first-order valence-corrected chi connectivity index (χ1v) is 7.85. The van der Waals surface area contributed by atoms with Crippen LogP contribution >= 0.6 is 12.4 Å². The van der Waals surface area contributed by atoms with Crippen molar-refractivity contribution in [3.8, 4) is 5.75 Å². The second-order valence-corrected chi connectivity index (χ2v) is 5.44. The van der Waals surface area contributed by atoms with E-state index in [-0.39, 0.29) is 35.4 Å². The summed E-state index contributed by atoms with van der Waals surface area (Å²) in [6, 6.07) is 13.0. The van der Waals surface area contributed by atoms with E-state index < -0.39 is 18.1 Å². The monoisotopic (exact) mass is 426 g/mol. The molecule has 0 aliphatic carbocycles. The molecule has 1 heterocycles. The van der Waals surface area contributed by atoms with Crippen LogP contribution in [0.5, 0.6) is 5.75 Å². The molecule has 11 heteroatoms. The molecular formula is C18H14ClF3N4O3. The van der Waals surface area contributed by atoms with Crippen molar-refractivity contribution >= 4 is 41.5 Å². The number of para-hydroxylation sites is 2. The quantitative estimate of drug-likeness (QED) is 0.511. The number of alkyl halides is 3. The van der Waals surface area contributed by atoms with Gasteiger partial charge in [0.15, 0.2) is 5.75 Å². The average molecular weight is 427 g/mol. The highest BCUT2D eigenvalue weighted by atomic mass is 35.5. The molecular weight excluding hydrogens is 413 g/mol. The lowest BCUT2D eigenvalue weighted by Gasteiger charge is -2.14. The normalized spacial score (nSPS) is 10.6. The fourth-order valence-corrected chi connectivity index (χ4v) is 2.24. The third kappa shape index (κ3) is 6.25. The van der Waals surface area contributed by atoms with Gasteiger partial charge < -0.3 is 20.5 Å². The number of hydrogen-bond donors (Lipinski definition) is 3. The van der Waals surface area contributed by atoms with Crippen molar-refractivity contribution in [1.29, 1.82) is 0 Å². The summed E-state index contributed by atoms with van der Waals surface area (Å²) in [7, 11) is 0. The number of halogens is 4. The smallest absolute Gasteiger partial charge is 0.478 e. The van der Waals surface area contributed by atoms with Crippen LogP contribution in [0.15, 0.2) is 60.8 Å². The molecule has 0 spiro atoms. The van der Waals surface area contributed by atoms with Crippen molar-refractivity contribution in [1.82, 2.24) is 9.97 Å². The van der Waals surface area contributed by atoms with E-state index in [0.717, 1.165) is 0 Å². The van der Waals surface area contributed by atoms with Crippen molar-refractivity contribution in [2.24, 2.45) is 0 Å². The summed E-state index contributed by atoms with van der Waals surface area (Å²) < 4.78 is 41.6. The summed E-state index contributed by atoms with van der Waals surface area (Å²) in [4.78, 5) is 19.1. The minimum Gasteiger partial charge on any atom is -0.478 e. The molecule has 0 atom stereocenters. The van der Waals surface area contributed by atoms with Crippen LogP contribution in [0.25, 0.3) is 0 Å². The van der Waals surface area contributed by atoms with Crippen LogP contribution in [0.3, 0.4) is 0 Å². The summed E-state index contributed by atoms with van der Waals surface area (Å²) in [5, 5.41) is 14.5. The number of aromatic nitrogens is 2. The second-order valence-electron chi connectivity index (χ2n) is 5.44. The fourth-order valence-electron chi connectivity index (χ4n) is 2.24. The maximum atomic E-state index is 12.5. The summed E-state index contributed by atoms with van der Waals surface area (Å²) >= 11 is 0. The Bertz CT molecular complexity index is 985. The summed E-state index contributed by atoms with van der Waals surface area (Å²) in [6.07, 6.45) is -3.41. The highest BCUT2D eigenvalue weighted by Crippen LogP contribution is 2.31. The number of carbonyl (C=O) groups is 1. The summed E-state index contributed by atoms with van der Waals surface area (Å²) in [5.74, 6) is -1.04. The topological polar surface area (TPSA) is 96.4 Å². The van der Waals surface area contributed by atoms with Crippen molar-refractivity contribution in [3.63, 3.8) is 0 Å². The van der Waals surface area contributed by atoms with Crippen molar-refractivity contribution in [3.05, 3.63) is 66.4 Å². The number of nitrogens with zero attached hydrogens (tertiary/aromatic N) is 2. The van der Waals surface area contributed by atoms with Crippen LogP contribution in [-0.4, -0.2) is 27.4 Å². The largest absolute Gasteiger partial charge is 0.573 e. The second kappa shape index (κ2) is 9.11. The zero-order valence-electron chi connectivity index (χ0n) is 14.5. The zero-order valence-corrected chi connectivity index (χ0v) is 15.3. The number of nitrogens with one attached hydrogen (secondary N) is 2. The van der Waals surface area contributed by atoms with Crippen molar-refractivity contribution < 1.29 is 27.8 Å². The SMILES string of the molecule is Cl.O=C(O)c1ccc(Nc2nccc(Nc3ccccc3OC(F)(F)F)n2)cc1. The van der Waals surface area contributed by atoms with Gasteiger partial charge in [-0.15, -0.1) is 25.6 Å². The van der Waals surface area contributed by atoms with Crippen LogP contribution in [0.1, 0.15) is 10.4 Å². The number of carboxylic acids is 1. The minimum atomic E-state index is -4.82. The molecule has 3 N–H and O–H groups in total. The Morgan fingerprint density at radius 2 is 1.69 bits per heavy atom. The van der Waals surface area contributed by atoms with Crippen LogP contribution in [-0.2, 0) is 0 Å². The van der Waals surface area contributed by atoms with Gasteiger partial charge in [-0.2, -0.15) is 4.98 Å². The zero-order chi connectivity index (χ0) is 20.1. The molecule has 0 radical (unpaired) electrons. The molecule has 3 rings (SSSR count). The molecule has 29 heavy (non-hydrogen) atoms. The molecule has 0 fully saturated rings. The molecule has 1 aromatic heterocycles. The Kier molecular flexibility index (Phi) is 6.84. The van der Waals surface area contributed by atoms with E-state index in [1.807, 2.05) is 0 Å². The van der Waals surface area contributed by atoms with E-state index in [2.05, 4.69) is 25.3 Å². The third-order valence-corrected chi connectivity index (χ3v) is 3.42. The van der Waals surface area contributed by atoms with E-state index in [1.54, 1.807) is 18.2 Å². The molecule has 0 amide bonds. The Morgan fingerprint density at radius 1 is 1.00 bits per heavy atom. The van der Waals surface area contributed by atoms with Crippen LogP contribution in [0.4, 0.5) is 36.3 Å². The number of carboxylic acid groups (broad SMARTS) is 1. The first-order valence-electron chi connectivity index (χ1n) is 7.85. The number of rotatable bonds is 6. The number of aromatic carboxylic acids is 1. The Labute approximate surface area is 169 Å². The summed E-state index contributed by atoms with van der Waals surface area (Å²) in [6.45, 7) is 0. The lowest BCUT2D eigenvalue weighted by molar-refractivity contribution is -0.274. The van der Waals surface area contributed by atoms with Gasteiger partial charge in [0.1, 0.15) is 5.82 Å². The van der Waals surface area contributed by atoms with E-state index in [1.165, 1.54) is 42.6 Å². The molecule has 2 aromatic carbocycles. The molecule has 0 unspecified atom stereocenters. The molecule has 152 valence electrons. The van der Waals surface area contributed by atoms with E-state index in [0.29, 0.717) is 5.69 Å². The van der Waals surface area contributed by atoms with Crippen LogP contribution < -0.4 is 15.4 Å². The Hall–Kier alpha value is -3.53. The maximum absolute atomic E-state index is 12.5. The highest BCUT2D eigenvalue weighted by Gasteiger charge is 2.32. The maximum Gasteiger partial charge on any atom is 0.573 e. The van der Waals surface area contributed by atoms with Crippen LogP contribution in [0.2, 0.25) is 0 Å². The molecule has 0 saturated carbocycles. The van der Waals surface area contributed by atoms with Crippen molar-refractivity contribution in [2.75, 3.05) is 10.6 Å². The van der Waals surface area contributed by atoms with Gasteiger partial charge >= 0.3 is 12.3 Å². The molecule has 3 aromatic rings. The first kappa shape index (κ1) is 21.8. The highest BCUT2D eigenvalue weighted by molar-refractivity contribution is 5.88. The molecule has 0 bridgehead atoms. The standard InChI is InChI=1S/C18H13F3N4O3.ClH/c19-18(20,21)28-14-4-2-1-3-13(14)24-15-9-10-22-17(25-15)23-12-7-5-11(6-8-12)16(26)27;/h1-10H,(H,26,27)(H2,22,23,24,25);1H.